The zero-order valence-electron chi connectivity index (χ0n) is 8.33. The number of nitrogens with two attached hydrogens (primary N) is 1. The molecule has 1 rings (SSSR count). The van der Waals surface area contributed by atoms with Gasteiger partial charge in [0.25, 0.3) is 0 Å². The van der Waals surface area contributed by atoms with Gasteiger partial charge in [0.1, 0.15) is 17.2 Å². The van der Waals surface area contributed by atoms with Gasteiger partial charge in [-0.25, -0.2) is 9.97 Å². The van der Waals surface area contributed by atoms with Crippen LogP contribution in [0.15, 0.2) is 6.33 Å². The van der Waals surface area contributed by atoms with Crippen LogP contribution in [0.4, 0.5) is 5.82 Å². The van der Waals surface area contributed by atoms with Gasteiger partial charge in [-0.05, 0) is 13.3 Å². The molecular weight excluding hydrogens is 202 g/mol. The Labute approximate surface area is 88.5 Å². The fourth-order valence-corrected chi connectivity index (χ4v) is 1.25. The van der Waals surface area contributed by atoms with Crippen LogP contribution in [0, 0.1) is 0 Å². The van der Waals surface area contributed by atoms with Gasteiger partial charge in [0.05, 0.1) is 6.10 Å². The second-order valence-electron chi connectivity index (χ2n) is 3.10. The van der Waals surface area contributed by atoms with E-state index in [1.165, 1.54) is 6.33 Å². The van der Waals surface area contributed by atoms with Crippen LogP contribution in [0.1, 0.15) is 26.7 Å². The molecule has 1 unspecified atom stereocenters. The number of nitrogens with zero attached hydrogens (tertiary/aromatic N) is 2. The number of anilines is 1. The van der Waals surface area contributed by atoms with Gasteiger partial charge in [0.15, 0.2) is 0 Å². The van der Waals surface area contributed by atoms with Gasteiger partial charge in [-0.3, -0.25) is 0 Å². The quantitative estimate of drug-likeness (QED) is 0.837. The highest BCUT2D eigenvalue weighted by Crippen LogP contribution is 2.26. The van der Waals surface area contributed by atoms with E-state index in [0.29, 0.717) is 5.88 Å². The summed E-state index contributed by atoms with van der Waals surface area (Å²) in [5.41, 5.74) is 5.51. The first-order chi connectivity index (χ1) is 6.65. The van der Waals surface area contributed by atoms with Crippen molar-refractivity contribution in [1.82, 2.24) is 9.97 Å². The Bertz CT molecular complexity index is 306. The first kappa shape index (κ1) is 11.0. The average Bonchev–Trinajstić information content (AvgIpc) is 2.13. The molecule has 0 amide bonds. The van der Waals surface area contributed by atoms with Crippen LogP contribution < -0.4 is 10.5 Å². The summed E-state index contributed by atoms with van der Waals surface area (Å²) in [7, 11) is 0. The number of hydrogen-bond donors (Lipinski definition) is 1. The summed E-state index contributed by atoms with van der Waals surface area (Å²) in [4.78, 5) is 7.66. The molecule has 0 bridgehead atoms. The summed E-state index contributed by atoms with van der Waals surface area (Å²) in [6.45, 7) is 4.06. The molecule has 78 valence electrons. The van der Waals surface area contributed by atoms with E-state index in [1.54, 1.807) is 0 Å². The lowest BCUT2D eigenvalue weighted by Crippen LogP contribution is -2.12. The molecule has 4 nitrogen and oxygen atoms in total. The molecule has 0 fully saturated rings. The molecule has 5 heteroatoms. The zero-order chi connectivity index (χ0) is 10.6. The van der Waals surface area contributed by atoms with E-state index in [-0.39, 0.29) is 16.9 Å². The number of ether oxygens (including phenoxy) is 1. The first-order valence-electron chi connectivity index (χ1n) is 4.57. The van der Waals surface area contributed by atoms with Crippen molar-refractivity contribution in [2.24, 2.45) is 0 Å². The maximum absolute atomic E-state index is 5.86. The Morgan fingerprint density at radius 3 is 2.93 bits per heavy atom. The van der Waals surface area contributed by atoms with Gasteiger partial charge in [-0.2, -0.15) is 0 Å². The molecule has 0 aromatic carbocycles. The van der Waals surface area contributed by atoms with Crippen LogP contribution in [0.3, 0.4) is 0 Å². The summed E-state index contributed by atoms with van der Waals surface area (Å²) < 4.78 is 5.50. The SMILES string of the molecule is CCCC(C)Oc1ncnc(N)c1Cl. The lowest BCUT2D eigenvalue weighted by molar-refractivity contribution is 0.201. The van der Waals surface area contributed by atoms with Gasteiger partial charge < -0.3 is 10.5 Å². The van der Waals surface area contributed by atoms with E-state index >= 15 is 0 Å². The van der Waals surface area contributed by atoms with E-state index in [9.17, 15) is 0 Å². The standard InChI is InChI=1S/C9H14ClN3O/c1-3-4-6(2)14-9-7(10)8(11)12-5-13-9/h5-6H,3-4H2,1-2H3,(H2,11,12,13). The van der Waals surface area contributed by atoms with Crippen LogP contribution in [0.5, 0.6) is 5.88 Å². The van der Waals surface area contributed by atoms with Crippen molar-refractivity contribution >= 4 is 17.4 Å². The van der Waals surface area contributed by atoms with Crippen molar-refractivity contribution in [2.45, 2.75) is 32.8 Å². The predicted molar refractivity (Wildman–Crippen MR) is 56.5 cm³/mol. The van der Waals surface area contributed by atoms with Gasteiger partial charge in [0.2, 0.25) is 5.88 Å². The van der Waals surface area contributed by atoms with Gasteiger partial charge >= 0.3 is 0 Å². The zero-order valence-corrected chi connectivity index (χ0v) is 9.08. The molecule has 0 saturated heterocycles. The van der Waals surface area contributed by atoms with Crippen LogP contribution in [-0.4, -0.2) is 16.1 Å². The maximum Gasteiger partial charge on any atom is 0.238 e. The molecule has 0 radical (unpaired) electrons. The number of aromatic nitrogens is 2. The van der Waals surface area contributed by atoms with E-state index < -0.39 is 0 Å². The molecule has 1 aromatic heterocycles. The highest BCUT2D eigenvalue weighted by Gasteiger charge is 2.10. The smallest absolute Gasteiger partial charge is 0.238 e. The Morgan fingerprint density at radius 1 is 1.57 bits per heavy atom. The fourth-order valence-electron chi connectivity index (χ4n) is 1.10. The number of hydrogen-bond acceptors (Lipinski definition) is 4. The minimum Gasteiger partial charge on any atom is -0.473 e. The Hall–Kier alpha value is -1.03. The number of halogens is 1. The van der Waals surface area contributed by atoms with E-state index in [0.717, 1.165) is 12.8 Å². The molecule has 14 heavy (non-hydrogen) atoms. The summed E-state index contributed by atoms with van der Waals surface area (Å²) in [6.07, 6.45) is 3.45. The predicted octanol–water partition coefficient (Wildman–Crippen LogP) is 2.28. The lowest BCUT2D eigenvalue weighted by atomic mass is 10.2. The minimum absolute atomic E-state index is 0.0896. The molecule has 0 spiro atoms. The van der Waals surface area contributed by atoms with Crippen molar-refractivity contribution in [3.05, 3.63) is 11.3 Å². The fraction of sp³-hybridized carbons (Fsp3) is 0.556. The van der Waals surface area contributed by atoms with Crippen molar-refractivity contribution < 1.29 is 4.74 Å². The summed E-state index contributed by atoms with van der Waals surface area (Å²) in [5.74, 6) is 0.612. The van der Waals surface area contributed by atoms with Crippen LogP contribution in [0.25, 0.3) is 0 Å². The van der Waals surface area contributed by atoms with Gasteiger partial charge in [-0.1, -0.05) is 24.9 Å². The Morgan fingerprint density at radius 2 is 2.29 bits per heavy atom. The monoisotopic (exact) mass is 215 g/mol. The molecule has 2 N–H and O–H groups in total. The third-order valence-corrected chi connectivity index (χ3v) is 2.15. The molecule has 1 aromatic rings. The van der Waals surface area contributed by atoms with Crippen LogP contribution in [0.2, 0.25) is 5.02 Å². The third kappa shape index (κ3) is 2.73. The summed E-state index contributed by atoms with van der Waals surface area (Å²) in [6, 6.07) is 0. The summed E-state index contributed by atoms with van der Waals surface area (Å²) >= 11 is 5.86. The van der Waals surface area contributed by atoms with Crippen LogP contribution >= 0.6 is 11.6 Å². The van der Waals surface area contributed by atoms with Crippen molar-refractivity contribution in [2.75, 3.05) is 5.73 Å². The van der Waals surface area contributed by atoms with E-state index in [2.05, 4.69) is 16.9 Å². The van der Waals surface area contributed by atoms with Crippen molar-refractivity contribution in [1.29, 1.82) is 0 Å². The molecular formula is C9H14ClN3O. The van der Waals surface area contributed by atoms with Crippen LogP contribution in [-0.2, 0) is 0 Å². The van der Waals surface area contributed by atoms with Crippen molar-refractivity contribution in [3.8, 4) is 5.88 Å². The van der Waals surface area contributed by atoms with Crippen molar-refractivity contribution in [3.63, 3.8) is 0 Å². The minimum atomic E-state index is 0.0896. The molecule has 0 aliphatic rings. The Kier molecular flexibility index (Phi) is 3.95. The first-order valence-corrected chi connectivity index (χ1v) is 4.95. The Balaban J connectivity index is 2.71. The maximum atomic E-state index is 5.86. The molecule has 1 heterocycles. The van der Waals surface area contributed by atoms with E-state index in [4.69, 9.17) is 22.1 Å². The van der Waals surface area contributed by atoms with E-state index in [1.807, 2.05) is 6.92 Å². The summed E-state index contributed by atoms with van der Waals surface area (Å²) in [5, 5.41) is 0.287. The number of rotatable bonds is 4. The van der Waals surface area contributed by atoms with Gasteiger partial charge in [0, 0.05) is 0 Å². The lowest BCUT2D eigenvalue weighted by Gasteiger charge is -2.13. The largest absolute Gasteiger partial charge is 0.473 e. The molecule has 0 saturated carbocycles. The molecule has 0 aliphatic heterocycles. The number of nitrogen functional groups attached to an aromatic ring is 1. The molecule has 0 aliphatic carbocycles. The normalized spacial score (nSPS) is 12.5. The second-order valence-corrected chi connectivity index (χ2v) is 3.47. The third-order valence-electron chi connectivity index (χ3n) is 1.79. The second kappa shape index (κ2) is 5.00. The topological polar surface area (TPSA) is 61.0 Å². The highest BCUT2D eigenvalue weighted by atomic mass is 35.5. The van der Waals surface area contributed by atoms with Gasteiger partial charge in [-0.15, -0.1) is 0 Å². The average molecular weight is 216 g/mol. The highest BCUT2D eigenvalue weighted by molar-refractivity contribution is 6.33. The molecule has 1 atom stereocenters.